The van der Waals surface area contributed by atoms with Crippen LogP contribution in [0.15, 0.2) is 23.8 Å². The number of hydrogen-bond donors (Lipinski definition) is 2. The quantitative estimate of drug-likeness (QED) is 0.852. The third-order valence-corrected chi connectivity index (χ3v) is 4.15. The van der Waals surface area contributed by atoms with E-state index in [1.54, 1.807) is 12.3 Å². The van der Waals surface area contributed by atoms with E-state index in [0.29, 0.717) is 5.82 Å². The van der Waals surface area contributed by atoms with Crippen molar-refractivity contribution in [3.8, 4) is 0 Å². The molecular weight excluding hydrogens is 300 g/mol. The topological polar surface area (TPSA) is 75.1 Å². The van der Waals surface area contributed by atoms with Crippen molar-refractivity contribution >= 4 is 23.2 Å². The van der Waals surface area contributed by atoms with Crippen molar-refractivity contribution in [1.82, 2.24) is 25.0 Å². The summed E-state index contributed by atoms with van der Waals surface area (Å²) in [5.41, 5.74) is -0.522. The number of rotatable bonds is 6. The van der Waals surface area contributed by atoms with E-state index in [1.807, 2.05) is 44.2 Å². The van der Waals surface area contributed by atoms with Gasteiger partial charge in [0.2, 0.25) is 0 Å². The van der Waals surface area contributed by atoms with Crippen LogP contribution in [0.2, 0.25) is 0 Å². The SMILES string of the molecule is CN(C)CCn1ccc(NC(=O)NC(C)(C)c2nccs2)n1. The van der Waals surface area contributed by atoms with E-state index in [2.05, 4.69) is 25.6 Å². The van der Waals surface area contributed by atoms with Gasteiger partial charge in [0.1, 0.15) is 5.01 Å². The fourth-order valence-electron chi connectivity index (χ4n) is 1.87. The summed E-state index contributed by atoms with van der Waals surface area (Å²) in [6, 6.07) is 1.49. The van der Waals surface area contributed by atoms with E-state index < -0.39 is 5.54 Å². The van der Waals surface area contributed by atoms with Crippen LogP contribution in [0.3, 0.4) is 0 Å². The lowest BCUT2D eigenvalue weighted by Gasteiger charge is -2.23. The lowest BCUT2D eigenvalue weighted by atomic mass is 10.1. The van der Waals surface area contributed by atoms with E-state index in [1.165, 1.54) is 11.3 Å². The standard InChI is InChI=1S/C14H22N6OS/c1-14(2,12-15-6-10-22-12)17-13(21)16-11-5-7-20(18-11)9-8-19(3)4/h5-7,10H,8-9H2,1-4H3,(H2,16,17,18,21). The number of carbonyl (C=O) groups excluding carboxylic acids is 1. The summed E-state index contributed by atoms with van der Waals surface area (Å²) in [7, 11) is 4.02. The molecule has 0 radical (unpaired) electrons. The molecule has 0 aromatic carbocycles. The maximum absolute atomic E-state index is 12.1. The highest BCUT2D eigenvalue weighted by Gasteiger charge is 2.25. The monoisotopic (exact) mass is 322 g/mol. The van der Waals surface area contributed by atoms with E-state index in [9.17, 15) is 4.79 Å². The van der Waals surface area contributed by atoms with E-state index in [0.717, 1.165) is 18.1 Å². The minimum Gasteiger partial charge on any atom is -0.326 e. The van der Waals surface area contributed by atoms with Gasteiger partial charge in [-0.25, -0.2) is 9.78 Å². The number of hydrogen-bond acceptors (Lipinski definition) is 5. The van der Waals surface area contributed by atoms with Gasteiger partial charge >= 0.3 is 6.03 Å². The molecule has 120 valence electrons. The second-order valence-corrected chi connectivity index (χ2v) is 6.70. The Morgan fingerprint density at radius 3 is 2.86 bits per heavy atom. The van der Waals surface area contributed by atoms with Crippen LogP contribution in [0, 0.1) is 0 Å². The van der Waals surface area contributed by atoms with Crippen LogP contribution in [-0.2, 0) is 12.1 Å². The van der Waals surface area contributed by atoms with Crippen LogP contribution in [0.5, 0.6) is 0 Å². The molecule has 0 atom stereocenters. The molecule has 0 saturated heterocycles. The molecule has 7 nitrogen and oxygen atoms in total. The number of thiazole rings is 1. The largest absolute Gasteiger partial charge is 0.326 e. The zero-order valence-electron chi connectivity index (χ0n) is 13.3. The molecular formula is C14H22N6OS. The van der Waals surface area contributed by atoms with Crippen LogP contribution in [0.25, 0.3) is 0 Å². The zero-order chi connectivity index (χ0) is 16.2. The fraction of sp³-hybridized carbons (Fsp3) is 0.500. The molecule has 0 aliphatic carbocycles. The van der Waals surface area contributed by atoms with Crippen LogP contribution >= 0.6 is 11.3 Å². The Morgan fingerprint density at radius 2 is 2.23 bits per heavy atom. The minimum atomic E-state index is -0.522. The highest BCUT2D eigenvalue weighted by molar-refractivity contribution is 7.09. The first-order valence-corrected chi connectivity index (χ1v) is 7.92. The number of carbonyl (C=O) groups is 1. The molecule has 0 saturated carbocycles. The third kappa shape index (κ3) is 4.54. The predicted octanol–water partition coefficient (Wildman–Crippen LogP) is 1.96. The highest BCUT2D eigenvalue weighted by atomic mass is 32.1. The molecule has 0 aliphatic rings. The number of likely N-dealkylation sites (N-methyl/N-ethyl adjacent to an activating group) is 1. The number of amides is 2. The first-order valence-electron chi connectivity index (χ1n) is 7.04. The van der Waals surface area contributed by atoms with E-state index >= 15 is 0 Å². The molecule has 2 rings (SSSR count). The number of anilines is 1. The Hall–Kier alpha value is -1.93. The number of nitrogens with one attached hydrogen (secondary N) is 2. The number of aromatic nitrogens is 3. The van der Waals surface area contributed by atoms with Gasteiger partial charge < -0.3 is 10.2 Å². The normalized spacial score (nSPS) is 11.7. The fourth-order valence-corrected chi connectivity index (χ4v) is 2.59. The average molecular weight is 322 g/mol. The maximum Gasteiger partial charge on any atom is 0.321 e. The molecule has 2 aromatic heterocycles. The Balaban J connectivity index is 1.89. The molecule has 0 spiro atoms. The summed E-state index contributed by atoms with van der Waals surface area (Å²) in [5.74, 6) is 0.534. The van der Waals surface area contributed by atoms with Crippen molar-refractivity contribution in [2.75, 3.05) is 26.0 Å². The first kappa shape index (κ1) is 16.4. The minimum absolute atomic E-state index is 0.293. The van der Waals surface area contributed by atoms with Gasteiger partial charge in [-0.15, -0.1) is 11.3 Å². The second-order valence-electron chi connectivity index (χ2n) is 5.81. The van der Waals surface area contributed by atoms with Gasteiger partial charge in [0, 0.05) is 30.4 Å². The first-order chi connectivity index (χ1) is 10.4. The van der Waals surface area contributed by atoms with E-state index in [4.69, 9.17) is 0 Å². The highest BCUT2D eigenvalue weighted by Crippen LogP contribution is 2.21. The van der Waals surface area contributed by atoms with Crippen molar-refractivity contribution in [1.29, 1.82) is 0 Å². The molecule has 22 heavy (non-hydrogen) atoms. The Kier molecular flexibility index (Phi) is 5.15. The molecule has 0 unspecified atom stereocenters. The number of urea groups is 1. The van der Waals surface area contributed by atoms with Gasteiger partial charge in [-0.05, 0) is 27.9 Å². The molecule has 0 bridgehead atoms. The molecule has 0 fully saturated rings. The molecule has 2 N–H and O–H groups in total. The molecule has 2 heterocycles. The summed E-state index contributed by atoms with van der Waals surface area (Å²) < 4.78 is 1.81. The number of nitrogens with zero attached hydrogens (tertiary/aromatic N) is 4. The van der Waals surface area contributed by atoms with E-state index in [-0.39, 0.29) is 6.03 Å². The van der Waals surface area contributed by atoms with Crippen molar-refractivity contribution < 1.29 is 4.79 Å². The van der Waals surface area contributed by atoms with Gasteiger partial charge in [0.15, 0.2) is 5.82 Å². The lowest BCUT2D eigenvalue weighted by Crippen LogP contribution is -2.43. The van der Waals surface area contributed by atoms with Crippen molar-refractivity contribution in [2.45, 2.75) is 25.9 Å². The summed E-state index contributed by atoms with van der Waals surface area (Å²) in [6.45, 7) is 5.51. The summed E-state index contributed by atoms with van der Waals surface area (Å²) >= 11 is 1.51. The molecule has 8 heteroatoms. The molecule has 2 amide bonds. The summed E-state index contributed by atoms with van der Waals surface area (Å²) in [6.07, 6.45) is 3.58. The predicted molar refractivity (Wildman–Crippen MR) is 88.1 cm³/mol. The van der Waals surface area contributed by atoms with Crippen molar-refractivity contribution in [3.63, 3.8) is 0 Å². The Bertz CT molecular complexity index is 605. The molecule has 0 aliphatic heterocycles. The van der Waals surface area contributed by atoms with Gasteiger partial charge in [-0.3, -0.25) is 10.00 Å². The van der Waals surface area contributed by atoms with Crippen LogP contribution in [0.1, 0.15) is 18.9 Å². The second kappa shape index (κ2) is 6.89. The van der Waals surface area contributed by atoms with Crippen LogP contribution in [-0.4, -0.2) is 46.3 Å². The summed E-state index contributed by atoms with van der Waals surface area (Å²) in [4.78, 5) is 18.4. The van der Waals surface area contributed by atoms with Crippen LogP contribution < -0.4 is 10.6 Å². The van der Waals surface area contributed by atoms with Gasteiger partial charge in [-0.1, -0.05) is 0 Å². The third-order valence-electron chi connectivity index (χ3n) is 3.05. The van der Waals surface area contributed by atoms with Crippen molar-refractivity contribution in [3.05, 3.63) is 28.8 Å². The zero-order valence-corrected chi connectivity index (χ0v) is 14.1. The van der Waals surface area contributed by atoms with Crippen molar-refractivity contribution in [2.24, 2.45) is 0 Å². The lowest BCUT2D eigenvalue weighted by molar-refractivity contribution is 0.241. The summed E-state index contributed by atoms with van der Waals surface area (Å²) in [5, 5.41) is 12.7. The molecule has 2 aromatic rings. The Labute approximate surface area is 134 Å². The van der Waals surface area contributed by atoms with Crippen LogP contribution in [0.4, 0.5) is 10.6 Å². The van der Waals surface area contributed by atoms with Gasteiger partial charge in [-0.2, -0.15) is 5.10 Å². The smallest absolute Gasteiger partial charge is 0.321 e. The maximum atomic E-state index is 12.1. The average Bonchev–Trinajstić information content (AvgIpc) is 3.06. The van der Waals surface area contributed by atoms with Gasteiger partial charge in [0.05, 0.1) is 12.1 Å². The van der Waals surface area contributed by atoms with Gasteiger partial charge in [0.25, 0.3) is 0 Å². The Morgan fingerprint density at radius 1 is 1.45 bits per heavy atom.